The van der Waals surface area contributed by atoms with E-state index < -0.39 is 18.0 Å². The van der Waals surface area contributed by atoms with Crippen LogP contribution in [0.25, 0.3) is 21.6 Å². The first-order chi connectivity index (χ1) is 19.1. The SMILES string of the molecule is COc1cc(-c2sc(Cl)cc2NC(=O)OC(C)c2cc(F)ccc2Cl)ccc1-c1ccc(C2(C(C)=O)CC2)cc1. The van der Waals surface area contributed by atoms with Gasteiger partial charge in [-0.3, -0.25) is 10.1 Å². The summed E-state index contributed by atoms with van der Waals surface area (Å²) in [6, 6.07) is 19.3. The van der Waals surface area contributed by atoms with Crippen LogP contribution in [-0.2, 0) is 14.9 Å². The quantitative estimate of drug-likeness (QED) is 0.219. The Morgan fingerprint density at radius 1 is 1.00 bits per heavy atom. The molecule has 1 amide bonds. The second kappa shape index (κ2) is 11.2. The van der Waals surface area contributed by atoms with E-state index in [1.807, 2.05) is 42.5 Å². The van der Waals surface area contributed by atoms with E-state index >= 15 is 0 Å². The third kappa shape index (κ3) is 5.59. The lowest BCUT2D eigenvalue weighted by molar-refractivity contribution is -0.119. The number of anilines is 1. The molecule has 5 rings (SSSR count). The van der Waals surface area contributed by atoms with Crippen LogP contribution in [0.4, 0.5) is 14.9 Å². The molecule has 3 aromatic carbocycles. The van der Waals surface area contributed by atoms with Crippen LogP contribution >= 0.6 is 34.5 Å². The van der Waals surface area contributed by atoms with Crippen molar-refractivity contribution in [3.8, 4) is 27.3 Å². The molecule has 1 unspecified atom stereocenters. The lowest BCUT2D eigenvalue weighted by Gasteiger charge is -2.16. The Balaban J connectivity index is 1.36. The minimum absolute atomic E-state index is 0.206. The Kier molecular flexibility index (Phi) is 7.91. The van der Waals surface area contributed by atoms with Crippen LogP contribution in [0.5, 0.6) is 5.75 Å². The highest BCUT2D eigenvalue weighted by Gasteiger charge is 2.48. The molecule has 0 saturated heterocycles. The van der Waals surface area contributed by atoms with Gasteiger partial charge in [0.15, 0.2) is 0 Å². The fraction of sp³-hybridized carbons (Fsp3) is 0.226. The summed E-state index contributed by atoms with van der Waals surface area (Å²) in [4.78, 5) is 25.6. The van der Waals surface area contributed by atoms with Gasteiger partial charge in [0.05, 0.1) is 27.4 Å². The molecule has 40 heavy (non-hydrogen) atoms. The van der Waals surface area contributed by atoms with E-state index in [1.54, 1.807) is 27.0 Å². The molecule has 1 fully saturated rings. The fourth-order valence-electron chi connectivity index (χ4n) is 4.87. The van der Waals surface area contributed by atoms with Gasteiger partial charge in [0.2, 0.25) is 0 Å². The number of amides is 1. The molecule has 1 saturated carbocycles. The second-order valence-electron chi connectivity index (χ2n) is 9.76. The van der Waals surface area contributed by atoms with Crippen molar-refractivity contribution in [1.82, 2.24) is 0 Å². The van der Waals surface area contributed by atoms with Gasteiger partial charge < -0.3 is 9.47 Å². The van der Waals surface area contributed by atoms with Crippen molar-refractivity contribution < 1.29 is 23.5 Å². The van der Waals surface area contributed by atoms with E-state index in [1.165, 1.54) is 29.5 Å². The van der Waals surface area contributed by atoms with Crippen LogP contribution in [0.2, 0.25) is 9.36 Å². The highest BCUT2D eigenvalue weighted by Crippen LogP contribution is 2.49. The highest BCUT2D eigenvalue weighted by molar-refractivity contribution is 7.20. The van der Waals surface area contributed by atoms with Crippen molar-refractivity contribution >= 4 is 52.1 Å². The Bertz CT molecular complexity index is 1600. The molecule has 9 heteroatoms. The molecule has 1 N–H and O–H groups in total. The highest BCUT2D eigenvalue weighted by atomic mass is 35.5. The number of Topliss-reactive ketones (excluding diaryl/α,β-unsaturated/α-hetero) is 1. The minimum atomic E-state index is -0.781. The molecule has 1 aliphatic rings. The average molecular weight is 599 g/mol. The number of rotatable bonds is 8. The number of ketones is 1. The topological polar surface area (TPSA) is 64.6 Å². The van der Waals surface area contributed by atoms with Crippen LogP contribution in [-0.4, -0.2) is 19.0 Å². The number of ether oxygens (including phenoxy) is 2. The molecular formula is C31H26Cl2FNO4S. The molecule has 206 valence electrons. The predicted octanol–water partition coefficient (Wildman–Crippen LogP) is 9.47. The van der Waals surface area contributed by atoms with Gasteiger partial charge in [0, 0.05) is 16.1 Å². The standard InChI is InChI=1S/C31H26Cl2FNO4S/c1-17(24-15-22(34)9-11-25(24)32)39-30(37)35-26-16-28(33)40-29(26)20-6-10-23(27(14-20)38-3)19-4-7-21(8-5-19)31(12-13-31)18(2)36/h4-11,14-17H,12-13H2,1-3H3,(H,35,37). The predicted molar refractivity (Wildman–Crippen MR) is 158 cm³/mol. The molecule has 5 nitrogen and oxygen atoms in total. The average Bonchev–Trinajstić information content (AvgIpc) is 3.67. The van der Waals surface area contributed by atoms with Gasteiger partial charge in [-0.2, -0.15) is 0 Å². The molecule has 0 aliphatic heterocycles. The van der Waals surface area contributed by atoms with E-state index in [9.17, 15) is 14.0 Å². The maximum atomic E-state index is 13.7. The van der Waals surface area contributed by atoms with Crippen molar-refractivity contribution in [3.63, 3.8) is 0 Å². The maximum absolute atomic E-state index is 13.7. The number of hydrogen-bond donors (Lipinski definition) is 1. The fourth-order valence-corrected chi connectivity index (χ4v) is 6.31. The zero-order chi connectivity index (χ0) is 28.6. The van der Waals surface area contributed by atoms with Crippen LogP contribution in [0.1, 0.15) is 43.9 Å². The summed E-state index contributed by atoms with van der Waals surface area (Å²) in [6.45, 7) is 3.27. The number of carbonyl (C=O) groups is 2. The number of benzene rings is 3. The van der Waals surface area contributed by atoms with Crippen molar-refractivity contribution in [2.45, 2.75) is 38.2 Å². The van der Waals surface area contributed by atoms with Crippen molar-refractivity contribution in [1.29, 1.82) is 0 Å². The molecule has 1 atom stereocenters. The summed E-state index contributed by atoms with van der Waals surface area (Å²) in [5.41, 5.74) is 4.20. The minimum Gasteiger partial charge on any atom is -0.496 e. The van der Waals surface area contributed by atoms with Gasteiger partial charge in [0.25, 0.3) is 0 Å². The first kappa shape index (κ1) is 28.1. The number of halogens is 3. The monoisotopic (exact) mass is 597 g/mol. The van der Waals surface area contributed by atoms with Crippen LogP contribution in [0.15, 0.2) is 66.7 Å². The number of hydrogen-bond acceptors (Lipinski definition) is 5. The van der Waals surface area contributed by atoms with Gasteiger partial charge in [-0.1, -0.05) is 59.6 Å². The Labute approximate surface area is 245 Å². The number of thiophene rings is 1. The van der Waals surface area contributed by atoms with Crippen molar-refractivity contribution in [2.24, 2.45) is 0 Å². The maximum Gasteiger partial charge on any atom is 0.412 e. The summed E-state index contributed by atoms with van der Waals surface area (Å²) in [7, 11) is 1.60. The first-order valence-electron chi connectivity index (χ1n) is 12.6. The van der Waals surface area contributed by atoms with Crippen molar-refractivity contribution in [2.75, 3.05) is 12.4 Å². The molecular weight excluding hydrogens is 572 g/mol. The molecule has 0 radical (unpaired) electrons. The van der Waals surface area contributed by atoms with Gasteiger partial charge in [-0.25, -0.2) is 9.18 Å². The van der Waals surface area contributed by atoms with Crippen LogP contribution in [0.3, 0.4) is 0 Å². The van der Waals surface area contributed by atoms with Gasteiger partial charge in [0.1, 0.15) is 23.5 Å². The van der Waals surface area contributed by atoms with E-state index in [4.69, 9.17) is 32.7 Å². The second-order valence-corrected chi connectivity index (χ2v) is 11.9. The van der Waals surface area contributed by atoms with E-state index in [2.05, 4.69) is 5.32 Å². The Morgan fingerprint density at radius 2 is 1.70 bits per heavy atom. The van der Waals surface area contributed by atoms with Crippen LogP contribution < -0.4 is 10.1 Å². The van der Waals surface area contributed by atoms with Crippen molar-refractivity contribution in [3.05, 3.63) is 93.0 Å². The van der Waals surface area contributed by atoms with Crippen LogP contribution in [0, 0.1) is 5.82 Å². The summed E-state index contributed by atoms with van der Waals surface area (Å²) in [6.07, 6.45) is 0.275. The van der Waals surface area contributed by atoms with E-state index in [0.29, 0.717) is 26.4 Å². The Morgan fingerprint density at radius 3 is 2.35 bits per heavy atom. The number of nitrogens with one attached hydrogen (secondary N) is 1. The molecule has 1 aliphatic carbocycles. The van der Waals surface area contributed by atoms with Gasteiger partial charge >= 0.3 is 6.09 Å². The molecule has 0 bridgehead atoms. The summed E-state index contributed by atoms with van der Waals surface area (Å²) < 4.78 is 25.3. The molecule has 0 spiro atoms. The third-order valence-corrected chi connectivity index (χ3v) is 8.91. The van der Waals surface area contributed by atoms with Gasteiger partial charge in [-0.05, 0) is 73.7 Å². The summed E-state index contributed by atoms with van der Waals surface area (Å²) in [5, 5.41) is 3.04. The van der Waals surface area contributed by atoms with Gasteiger partial charge in [-0.15, -0.1) is 11.3 Å². The molecule has 4 aromatic rings. The zero-order valence-corrected chi connectivity index (χ0v) is 24.3. The Hall–Kier alpha value is -3.39. The molecule has 1 aromatic heterocycles. The first-order valence-corrected chi connectivity index (χ1v) is 14.2. The molecule has 1 heterocycles. The lowest BCUT2D eigenvalue weighted by Crippen LogP contribution is -2.16. The number of methoxy groups -OCH3 is 1. The number of carbonyl (C=O) groups excluding carboxylic acids is 2. The van der Waals surface area contributed by atoms with E-state index in [0.717, 1.165) is 40.0 Å². The lowest BCUT2D eigenvalue weighted by atomic mass is 9.90. The smallest absolute Gasteiger partial charge is 0.412 e. The zero-order valence-electron chi connectivity index (χ0n) is 22.0. The van der Waals surface area contributed by atoms with E-state index in [-0.39, 0.29) is 11.2 Å². The summed E-state index contributed by atoms with van der Waals surface area (Å²) in [5.74, 6) is 0.376. The third-order valence-electron chi connectivity index (χ3n) is 7.25. The largest absolute Gasteiger partial charge is 0.496 e. The summed E-state index contributed by atoms with van der Waals surface area (Å²) >= 11 is 13.8. The normalized spacial score (nSPS) is 14.3.